The topological polar surface area (TPSA) is 46.5 Å². The molecule has 0 saturated carbocycles. The molecule has 0 aliphatic rings. The highest BCUT2D eigenvalue weighted by atomic mass is 16.7. The van der Waals surface area contributed by atoms with Crippen molar-refractivity contribution in [3.63, 3.8) is 0 Å². The Bertz CT molecular complexity index is 458. The Labute approximate surface area is 166 Å². The number of hydrogen-bond donors (Lipinski definition) is 1. The van der Waals surface area contributed by atoms with Crippen molar-refractivity contribution in [2.45, 2.75) is 103 Å². The van der Waals surface area contributed by atoms with E-state index in [1.165, 1.54) is 82.6 Å². The Morgan fingerprint density at radius 3 is 1.89 bits per heavy atom. The molecule has 0 aliphatic heterocycles. The van der Waals surface area contributed by atoms with Gasteiger partial charge in [-0.25, -0.2) is 4.79 Å². The fourth-order valence-electron chi connectivity index (χ4n) is 3.73. The van der Waals surface area contributed by atoms with E-state index in [9.17, 15) is 4.79 Å². The fraction of sp³-hybridized carbons (Fsp3) is 0.708. The minimum Gasteiger partial charge on any atom is -0.450 e. The molecule has 154 valence electrons. The number of rotatable bonds is 17. The van der Waals surface area contributed by atoms with Gasteiger partial charge in [0.25, 0.3) is 0 Å². The Morgan fingerprint density at radius 1 is 0.815 bits per heavy atom. The van der Waals surface area contributed by atoms with Crippen LogP contribution in [0.5, 0.6) is 0 Å². The highest BCUT2D eigenvalue weighted by molar-refractivity contribution is 5.56. The highest BCUT2D eigenvalue weighted by Gasteiger charge is 2.10. The van der Waals surface area contributed by atoms with Gasteiger partial charge >= 0.3 is 6.16 Å². The monoisotopic (exact) mass is 376 g/mol. The lowest BCUT2D eigenvalue weighted by atomic mass is 9.88. The van der Waals surface area contributed by atoms with Crippen molar-refractivity contribution in [3.8, 4) is 0 Å². The SMILES string of the molecule is CCCCCCCCC(CCCCCCCCOC(=O)O)c1ccccc1. The summed E-state index contributed by atoms with van der Waals surface area (Å²) in [5.41, 5.74) is 1.51. The lowest BCUT2D eigenvalue weighted by Crippen LogP contribution is -2.01. The summed E-state index contributed by atoms with van der Waals surface area (Å²) in [6, 6.07) is 11.0. The molecule has 0 aliphatic carbocycles. The fourth-order valence-corrected chi connectivity index (χ4v) is 3.73. The first-order valence-electron chi connectivity index (χ1n) is 11.1. The zero-order chi connectivity index (χ0) is 19.6. The van der Waals surface area contributed by atoms with Crippen molar-refractivity contribution < 1.29 is 14.6 Å². The number of benzene rings is 1. The van der Waals surface area contributed by atoms with E-state index in [1.54, 1.807) is 0 Å². The van der Waals surface area contributed by atoms with E-state index in [2.05, 4.69) is 42.0 Å². The third-order valence-corrected chi connectivity index (χ3v) is 5.35. The molecule has 1 atom stereocenters. The van der Waals surface area contributed by atoms with Crippen molar-refractivity contribution >= 4 is 6.16 Å². The molecule has 0 spiro atoms. The molecular weight excluding hydrogens is 336 g/mol. The van der Waals surface area contributed by atoms with E-state index < -0.39 is 6.16 Å². The van der Waals surface area contributed by atoms with Crippen LogP contribution in [0.25, 0.3) is 0 Å². The van der Waals surface area contributed by atoms with Gasteiger partial charge in [-0.05, 0) is 30.7 Å². The molecule has 0 radical (unpaired) electrons. The number of unbranched alkanes of at least 4 members (excludes halogenated alkanes) is 10. The molecule has 3 heteroatoms. The first-order valence-corrected chi connectivity index (χ1v) is 11.1. The first-order chi connectivity index (χ1) is 13.2. The Hall–Kier alpha value is -1.51. The van der Waals surface area contributed by atoms with E-state index in [1.807, 2.05) is 0 Å². The molecule has 0 saturated heterocycles. The summed E-state index contributed by atoms with van der Waals surface area (Å²) < 4.78 is 4.53. The molecule has 0 heterocycles. The summed E-state index contributed by atoms with van der Waals surface area (Å²) in [6.45, 7) is 2.61. The van der Waals surface area contributed by atoms with Crippen LogP contribution in [-0.2, 0) is 4.74 Å². The van der Waals surface area contributed by atoms with Gasteiger partial charge in [0.15, 0.2) is 0 Å². The average Bonchev–Trinajstić information content (AvgIpc) is 2.68. The van der Waals surface area contributed by atoms with Crippen LogP contribution in [0.15, 0.2) is 30.3 Å². The van der Waals surface area contributed by atoms with Gasteiger partial charge < -0.3 is 9.84 Å². The zero-order valence-electron chi connectivity index (χ0n) is 17.3. The van der Waals surface area contributed by atoms with Crippen molar-refractivity contribution in [2.75, 3.05) is 6.61 Å². The molecule has 1 unspecified atom stereocenters. The lowest BCUT2D eigenvalue weighted by Gasteiger charge is -2.17. The van der Waals surface area contributed by atoms with Gasteiger partial charge in [-0.1, -0.05) is 108 Å². The van der Waals surface area contributed by atoms with Crippen LogP contribution in [0.1, 0.15) is 108 Å². The smallest absolute Gasteiger partial charge is 0.450 e. The molecule has 3 nitrogen and oxygen atoms in total. The summed E-state index contributed by atoms with van der Waals surface area (Å²) in [4.78, 5) is 10.3. The maximum Gasteiger partial charge on any atom is 0.505 e. The molecule has 1 aromatic rings. The van der Waals surface area contributed by atoms with Crippen molar-refractivity contribution in [2.24, 2.45) is 0 Å². The maximum atomic E-state index is 10.3. The average molecular weight is 377 g/mol. The highest BCUT2D eigenvalue weighted by Crippen LogP contribution is 2.28. The quantitative estimate of drug-likeness (QED) is 0.222. The second-order valence-electron chi connectivity index (χ2n) is 7.69. The van der Waals surface area contributed by atoms with E-state index in [-0.39, 0.29) is 0 Å². The van der Waals surface area contributed by atoms with E-state index >= 15 is 0 Å². The largest absolute Gasteiger partial charge is 0.505 e. The second-order valence-corrected chi connectivity index (χ2v) is 7.69. The Kier molecular flexibility index (Phi) is 14.5. The molecule has 1 N–H and O–H groups in total. The van der Waals surface area contributed by atoms with Crippen LogP contribution in [0.3, 0.4) is 0 Å². The minimum atomic E-state index is -1.16. The van der Waals surface area contributed by atoms with Gasteiger partial charge in [-0.15, -0.1) is 0 Å². The molecule has 0 aromatic heterocycles. The summed E-state index contributed by atoms with van der Waals surface area (Å²) in [5, 5.41) is 8.43. The normalized spacial score (nSPS) is 12.0. The number of carbonyl (C=O) groups is 1. The number of ether oxygens (including phenoxy) is 1. The lowest BCUT2D eigenvalue weighted by molar-refractivity contribution is 0.0899. The number of carboxylic acid groups (broad SMARTS) is 1. The Balaban J connectivity index is 2.17. The van der Waals surface area contributed by atoms with Crippen LogP contribution in [-0.4, -0.2) is 17.9 Å². The summed E-state index contributed by atoms with van der Waals surface area (Å²) in [5.74, 6) is 0.710. The van der Waals surface area contributed by atoms with Crippen LogP contribution in [0, 0.1) is 0 Å². The summed E-state index contributed by atoms with van der Waals surface area (Å²) in [7, 11) is 0. The molecule has 0 fully saturated rings. The van der Waals surface area contributed by atoms with Crippen LogP contribution in [0.2, 0.25) is 0 Å². The predicted octanol–water partition coefficient (Wildman–Crippen LogP) is 7.95. The van der Waals surface area contributed by atoms with Crippen LogP contribution in [0.4, 0.5) is 4.79 Å². The first kappa shape index (κ1) is 23.5. The van der Waals surface area contributed by atoms with Crippen LogP contribution < -0.4 is 0 Å². The minimum absolute atomic E-state index is 0.337. The van der Waals surface area contributed by atoms with E-state index in [4.69, 9.17) is 5.11 Å². The molecular formula is C24H40O3. The standard InChI is InChI=1S/C24H40O3/c1-2-3-4-5-8-12-17-22(23-19-14-11-15-20-23)18-13-9-6-7-10-16-21-27-24(25)26/h11,14-15,19-20,22H,2-10,12-13,16-18,21H2,1H3,(H,25,26). The summed E-state index contributed by atoms with van der Waals surface area (Å²) in [6.07, 6.45) is 16.6. The van der Waals surface area contributed by atoms with Gasteiger partial charge in [-0.2, -0.15) is 0 Å². The second kappa shape index (κ2) is 16.6. The van der Waals surface area contributed by atoms with Crippen LogP contribution >= 0.6 is 0 Å². The molecule has 1 rings (SSSR count). The summed E-state index contributed by atoms with van der Waals surface area (Å²) >= 11 is 0. The van der Waals surface area contributed by atoms with E-state index in [0.29, 0.717) is 12.5 Å². The van der Waals surface area contributed by atoms with Crippen molar-refractivity contribution in [1.29, 1.82) is 0 Å². The third-order valence-electron chi connectivity index (χ3n) is 5.35. The predicted molar refractivity (Wildman–Crippen MR) is 113 cm³/mol. The molecule has 27 heavy (non-hydrogen) atoms. The van der Waals surface area contributed by atoms with Crippen molar-refractivity contribution in [3.05, 3.63) is 35.9 Å². The van der Waals surface area contributed by atoms with E-state index in [0.717, 1.165) is 12.8 Å². The third kappa shape index (κ3) is 13.3. The molecule has 1 aromatic carbocycles. The Morgan fingerprint density at radius 2 is 1.33 bits per heavy atom. The number of hydrogen-bond acceptors (Lipinski definition) is 2. The van der Waals surface area contributed by atoms with Gasteiger partial charge in [0.2, 0.25) is 0 Å². The maximum absolute atomic E-state index is 10.3. The van der Waals surface area contributed by atoms with Gasteiger partial charge in [0.1, 0.15) is 0 Å². The van der Waals surface area contributed by atoms with Gasteiger partial charge in [0.05, 0.1) is 6.61 Å². The molecule has 0 amide bonds. The van der Waals surface area contributed by atoms with Gasteiger partial charge in [0, 0.05) is 0 Å². The molecule has 0 bridgehead atoms. The van der Waals surface area contributed by atoms with Crippen molar-refractivity contribution in [1.82, 2.24) is 0 Å². The zero-order valence-corrected chi connectivity index (χ0v) is 17.3. The van der Waals surface area contributed by atoms with Gasteiger partial charge in [-0.3, -0.25) is 0 Å².